The molecule has 38 heavy (non-hydrogen) atoms. The van der Waals surface area contributed by atoms with Gasteiger partial charge in [-0.2, -0.15) is 0 Å². The molecule has 7 nitrogen and oxygen atoms in total. The van der Waals surface area contributed by atoms with Crippen LogP contribution in [0.2, 0.25) is 0 Å². The smallest absolute Gasteiger partial charge is 0.251 e. The van der Waals surface area contributed by atoms with Crippen LogP contribution in [0.3, 0.4) is 0 Å². The number of nitrogens with zero attached hydrogens (tertiary/aromatic N) is 1. The minimum Gasteiger partial charge on any atom is -0.455 e. The van der Waals surface area contributed by atoms with E-state index in [4.69, 9.17) is 4.42 Å². The van der Waals surface area contributed by atoms with Gasteiger partial charge in [0.25, 0.3) is 5.91 Å². The first-order valence-electron chi connectivity index (χ1n) is 12.3. The lowest BCUT2D eigenvalue weighted by molar-refractivity contribution is 0.0915. The Morgan fingerprint density at radius 2 is 1.82 bits per heavy atom. The number of fused-ring (bicyclic) bond motifs is 1. The highest BCUT2D eigenvalue weighted by atomic mass is 19.1. The number of halogens is 1. The molecule has 0 saturated heterocycles. The monoisotopic (exact) mass is 511 g/mol. The Morgan fingerprint density at radius 3 is 2.53 bits per heavy atom. The summed E-state index contributed by atoms with van der Waals surface area (Å²) in [6.45, 7) is 1.57. The van der Waals surface area contributed by atoms with E-state index in [-0.39, 0.29) is 30.5 Å². The molecule has 0 aliphatic carbocycles. The number of Topliss-reactive ketones (excluding diaryl/α,β-unsaturated/α-hetero) is 1. The van der Waals surface area contributed by atoms with E-state index < -0.39 is 6.04 Å². The van der Waals surface area contributed by atoms with Gasteiger partial charge < -0.3 is 19.8 Å². The first-order valence-corrected chi connectivity index (χ1v) is 12.3. The zero-order valence-corrected chi connectivity index (χ0v) is 20.7. The number of aliphatic hydroxyl groups is 1. The van der Waals surface area contributed by atoms with Crippen molar-refractivity contribution in [2.24, 2.45) is 0 Å². The number of benzene rings is 3. The van der Waals surface area contributed by atoms with Crippen LogP contribution in [0.25, 0.3) is 33.4 Å². The number of furan rings is 1. The number of rotatable bonds is 9. The van der Waals surface area contributed by atoms with Crippen molar-refractivity contribution in [1.29, 1.82) is 0 Å². The molecule has 3 N–H and O–H groups in total. The fraction of sp³-hybridized carbons (Fsp3) is 0.167. The number of aromatic nitrogens is 2. The van der Waals surface area contributed by atoms with Crippen molar-refractivity contribution < 1.29 is 23.5 Å². The Labute approximate surface area is 218 Å². The maximum absolute atomic E-state index is 13.5. The number of nitrogens with one attached hydrogen (secondary N) is 2. The molecular weight excluding hydrogens is 485 g/mol. The fourth-order valence-corrected chi connectivity index (χ4v) is 4.47. The summed E-state index contributed by atoms with van der Waals surface area (Å²) < 4.78 is 19.6. The van der Waals surface area contributed by atoms with Crippen LogP contribution < -0.4 is 5.32 Å². The van der Waals surface area contributed by atoms with Crippen molar-refractivity contribution in [2.75, 3.05) is 6.61 Å². The van der Waals surface area contributed by atoms with Gasteiger partial charge in [0.15, 0.2) is 5.78 Å². The molecule has 2 heterocycles. The first kappa shape index (κ1) is 25.1. The second-order valence-corrected chi connectivity index (χ2v) is 9.02. The highest BCUT2D eigenvalue weighted by molar-refractivity contribution is 6.12. The van der Waals surface area contributed by atoms with Crippen molar-refractivity contribution >= 4 is 22.7 Å². The van der Waals surface area contributed by atoms with Gasteiger partial charge in [0.05, 0.1) is 24.5 Å². The normalized spacial score (nSPS) is 12.0. The molecule has 0 aliphatic rings. The molecule has 1 atom stereocenters. The van der Waals surface area contributed by atoms with Crippen molar-refractivity contribution in [1.82, 2.24) is 15.3 Å². The lowest BCUT2D eigenvalue weighted by Crippen LogP contribution is -2.39. The maximum atomic E-state index is 13.5. The number of hydrogen-bond acceptors (Lipinski definition) is 5. The number of amides is 1. The van der Waals surface area contributed by atoms with Crippen LogP contribution in [0.5, 0.6) is 0 Å². The SMILES string of the molecule is CCC(=O)c1c(-c2ccc(F)cc2)oc2ccc(-c3cccc(C(=O)N[C@H](CO)Cc4cnc[nH]4)c3)cc12. The van der Waals surface area contributed by atoms with E-state index in [9.17, 15) is 19.1 Å². The average Bonchev–Trinajstić information content (AvgIpc) is 3.60. The van der Waals surface area contributed by atoms with E-state index in [1.54, 1.807) is 55.8 Å². The van der Waals surface area contributed by atoms with Gasteiger partial charge in [-0.05, 0) is 59.7 Å². The Hall–Kier alpha value is -4.56. The number of imidazole rings is 1. The number of carbonyl (C=O) groups is 2. The Kier molecular flexibility index (Phi) is 7.15. The van der Waals surface area contributed by atoms with Gasteiger partial charge in [-0.1, -0.05) is 25.1 Å². The highest BCUT2D eigenvalue weighted by Gasteiger charge is 2.22. The lowest BCUT2D eigenvalue weighted by Gasteiger charge is -2.16. The number of aliphatic hydroxyl groups excluding tert-OH is 1. The van der Waals surface area contributed by atoms with Gasteiger partial charge >= 0.3 is 0 Å². The lowest BCUT2D eigenvalue weighted by atomic mass is 9.97. The number of carbonyl (C=O) groups excluding carboxylic acids is 2. The molecular formula is C30H26FN3O4. The van der Waals surface area contributed by atoms with Crippen LogP contribution in [0.4, 0.5) is 4.39 Å². The van der Waals surface area contributed by atoms with Gasteiger partial charge in [-0.25, -0.2) is 9.37 Å². The molecule has 0 aliphatic heterocycles. The molecule has 0 unspecified atom stereocenters. The summed E-state index contributed by atoms with van der Waals surface area (Å²) in [5.41, 5.74) is 4.46. The summed E-state index contributed by atoms with van der Waals surface area (Å²) in [6, 6.07) is 18.1. The third-order valence-corrected chi connectivity index (χ3v) is 6.43. The topological polar surface area (TPSA) is 108 Å². The fourth-order valence-electron chi connectivity index (χ4n) is 4.47. The molecule has 1 amide bonds. The van der Waals surface area contributed by atoms with Crippen LogP contribution in [0.1, 0.15) is 39.8 Å². The molecule has 192 valence electrons. The zero-order chi connectivity index (χ0) is 26.6. The molecule has 0 bridgehead atoms. The second kappa shape index (κ2) is 10.8. The molecule has 8 heteroatoms. The standard InChI is InChI=1S/C30H26FN3O4/c1-2-26(36)28-25-13-20(8-11-27(25)38-29(28)18-6-9-22(31)10-7-18)19-4-3-5-21(12-19)30(37)34-24(16-35)14-23-15-32-17-33-23/h3-13,15,17,24,35H,2,14,16H2,1H3,(H,32,33)(H,34,37)/t24-/m0/s1. The summed E-state index contributed by atoms with van der Waals surface area (Å²) in [4.78, 5) is 32.9. The van der Waals surface area contributed by atoms with E-state index in [1.807, 2.05) is 18.2 Å². The largest absolute Gasteiger partial charge is 0.455 e. The maximum Gasteiger partial charge on any atom is 0.251 e. The van der Waals surface area contributed by atoms with E-state index in [0.29, 0.717) is 39.8 Å². The Balaban J connectivity index is 1.47. The number of hydrogen-bond donors (Lipinski definition) is 3. The van der Waals surface area contributed by atoms with E-state index in [1.165, 1.54) is 12.1 Å². The van der Waals surface area contributed by atoms with Crippen LogP contribution in [0, 0.1) is 5.82 Å². The van der Waals surface area contributed by atoms with Gasteiger partial charge in [0.2, 0.25) is 0 Å². The van der Waals surface area contributed by atoms with Gasteiger partial charge in [0.1, 0.15) is 17.2 Å². The Morgan fingerprint density at radius 1 is 1.05 bits per heavy atom. The van der Waals surface area contributed by atoms with Crippen LogP contribution >= 0.6 is 0 Å². The molecule has 5 rings (SSSR count). The van der Waals surface area contributed by atoms with Gasteiger partial charge in [-0.3, -0.25) is 9.59 Å². The first-order chi connectivity index (χ1) is 18.5. The summed E-state index contributed by atoms with van der Waals surface area (Å²) in [7, 11) is 0. The van der Waals surface area contributed by atoms with E-state index in [0.717, 1.165) is 16.8 Å². The summed E-state index contributed by atoms with van der Waals surface area (Å²) in [5.74, 6) is -0.355. The molecule has 0 spiro atoms. The number of aromatic amines is 1. The predicted octanol–water partition coefficient (Wildman–Crippen LogP) is 5.56. The van der Waals surface area contributed by atoms with Crippen molar-refractivity contribution in [3.63, 3.8) is 0 Å². The minimum absolute atomic E-state index is 0.0827. The van der Waals surface area contributed by atoms with E-state index >= 15 is 0 Å². The second-order valence-electron chi connectivity index (χ2n) is 9.02. The van der Waals surface area contributed by atoms with Crippen molar-refractivity contribution in [3.05, 3.63) is 102 Å². The third-order valence-electron chi connectivity index (χ3n) is 6.43. The minimum atomic E-state index is -0.471. The van der Waals surface area contributed by atoms with Crippen LogP contribution in [0.15, 0.2) is 83.7 Å². The van der Waals surface area contributed by atoms with Gasteiger partial charge in [0, 0.05) is 41.2 Å². The van der Waals surface area contributed by atoms with Crippen LogP contribution in [-0.4, -0.2) is 39.4 Å². The van der Waals surface area contributed by atoms with Gasteiger partial charge in [-0.15, -0.1) is 0 Å². The quantitative estimate of drug-likeness (QED) is 0.225. The van der Waals surface area contributed by atoms with Crippen LogP contribution in [-0.2, 0) is 6.42 Å². The zero-order valence-electron chi connectivity index (χ0n) is 20.7. The third kappa shape index (κ3) is 5.12. The molecule has 3 aromatic carbocycles. The molecule has 0 saturated carbocycles. The Bertz CT molecular complexity index is 1590. The highest BCUT2D eigenvalue weighted by Crippen LogP contribution is 2.37. The summed E-state index contributed by atoms with van der Waals surface area (Å²) in [5, 5.41) is 13.3. The molecule has 0 radical (unpaired) electrons. The van der Waals surface area contributed by atoms with Crippen molar-refractivity contribution in [3.8, 4) is 22.5 Å². The number of ketones is 1. The van der Waals surface area contributed by atoms with Crippen molar-refractivity contribution in [2.45, 2.75) is 25.8 Å². The average molecular weight is 512 g/mol. The predicted molar refractivity (Wildman–Crippen MR) is 142 cm³/mol. The number of H-pyrrole nitrogens is 1. The molecule has 0 fully saturated rings. The summed E-state index contributed by atoms with van der Waals surface area (Å²) >= 11 is 0. The van der Waals surface area contributed by atoms with E-state index in [2.05, 4.69) is 15.3 Å². The molecule has 2 aromatic heterocycles. The molecule has 5 aromatic rings. The summed E-state index contributed by atoms with van der Waals surface area (Å²) in [6.07, 6.45) is 3.91.